The Morgan fingerprint density at radius 1 is 1.44 bits per heavy atom. The van der Waals surface area contributed by atoms with Gasteiger partial charge in [0.1, 0.15) is 0 Å². The molecule has 3 nitrogen and oxygen atoms in total. The molecular formula is C9H5ClF5NO2. The number of carboxylic acid groups (broad SMARTS) is 1. The molecule has 0 aliphatic carbocycles. The van der Waals surface area contributed by atoms with E-state index in [-0.39, 0.29) is 0 Å². The van der Waals surface area contributed by atoms with Gasteiger partial charge in [-0.15, -0.1) is 0 Å². The molecule has 100 valence electrons. The summed E-state index contributed by atoms with van der Waals surface area (Å²) in [6.07, 6.45) is -8.90. The molecule has 0 spiro atoms. The maximum absolute atomic E-state index is 12.6. The minimum Gasteiger partial charge on any atom is -0.481 e. The second-order valence-corrected chi connectivity index (χ2v) is 3.60. The van der Waals surface area contributed by atoms with Crippen molar-refractivity contribution in [2.75, 3.05) is 0 Å². The number of nitrogens with zero attached hydrogens (tertiary/aromatic N) is 1. The largest absolute Gasteiger partial charge is 0.481 e. The van der Waals surface area contributed by atoms with E-state index in [2.05, 4.69) is 4.98 Å². The molecule has 1 aromatic heterocycles. The van der Waals surface area contributed by atoms with Crippen molar-refractivity contribution >= 4 is 17.6 Å². The first-order valence-electron chi connectivity index (χ1n) is 4.39. The quantitative estimate of drug-likeness (QED) is 0.869. The molecule has 1 rings (SSSR count). The molecule has 18 heavy (non-hydrogen) atoms. The van der Waals surface area contributed by atoms with Gasteiger partial charge in [-0.2, -0.15) is 13.2 Å². The van der Waals surface area contributed by atoms with Gasteiger partial charge in [-0.25, -0.2) is 8.78 Å². The molecule has 0 saturated carbocycles. The molecule has 0 aliphatic rings. The first kappa shape index (κ1) is 14.6. The van der Waals surface area contributed by atoms with Crippen LogP contribution in [0.25, 0.3) is 0 Å². The molecule has 0 saturated heterocycles. The Labute approximate surface area is 102 Å². The highest BCUT2D eigenvalue weighted by molar-refractivity contribution is 6.32. The standard InChI is InChI=1S/C9H5ClF5NO2/c10-7-3(8(11)12)2-16-4(1-5(17)18)6(7)9(13,14)15/h2,8H,1H2,(H,17,18). The van der Waals surface area contributed by atoms with Crippen LogP contribution >= 0.6 is 11.6 Å². The molecule has 0 radical (unpaired) electrons. The molecule has 1 N–H and O–H groups in total. The van der Waals surface area contributed by atoms with E-state index < -0.39 is 46.8 Å². The lowest BCUT2D eigenvalue weighted by molar-refractivity contribution is -0.140. The average Bonchev–Trinajstić information content (AvgIpc) is 2.13. The first-order valence-corrected chi connectivity index (χ1v) is 4.76. The summed E-state index contributed by atoms with van der Waals surface area (Å²) in [5.74, 6) is -1.58. The fourth-order valence-electron chi connectivity index (χ4n) is 1.26. The third kappa shape index (κ3) is 3.06. The summed E-state index contributed by atoms with van der Waals surface area (Å²) in [5.41, 5.74) is -3.62. The Bertz CT molecular complexity index is 475. The van der Waals surface area contributed by atoms with Crippen LogP contribution in [-0.4, -0.2) is 16.1 Å². The molecule has 1 aromatic rings. The van der Waals surface area contributed by atoms with Gasteiger partial charge >= 0.3 is 12.1 Å². The van der Waals surface area contributed by atoms with Crippen LogP contribution in [0.2, 0.25) is 5.02 Å². The second kappa shape index (κ2) is 5.05. The molecule has 0 aromatic carbocycles. The fraction of sp³-hybridized carbons (Fsp3) is 0.333. The van der Waals surface area contributed by atoms with Crippen molar-refractivity contribution < 1.29 is 31.9 Å². The Hall–Kier alpha value is -1.44. The SMILES string of the molecule is O=C(O)Cc1ncc(C(F)F)c(Cl)c1C(F)(F)F. The maximum Gasteiger partial charge on any atom is 0.419 e. The molecule has 0 unspecified atom stereocenters. The van der Waals surface area contributed by atoms with Crippen molar-refractivity contribution in [2.24, 2.45) is 0 Å². The highest BCUT2D eigenvalue weighted by atomic mass is 35.5. The first-order chi connectivity index (χ1) is 8.14. The number of rotatable bonds is 3. The van der Waals surface area contributed by atoms with Crippen LogP contribution in [0.1, 0.15) is 23.2 Å². The van der Waals surface area contributed by atoms with Crippen molar-refractivity contribution in [1.29, 1.82) is 0 Å². The van der Waals surface area contributed by atoms with E-state index in [4.69, 9.17) is 16.7 Å². The van der Waals surface area contributed by atoms with Gasteiger partial charge < -0.3 is 5.11 Å². The van der Waals surface area contributed by atoms with E-state index >= 15 is 0 Å². The zero-order valence-electron chi connectivity index (χ0n) is 8.43. The van der Waals surface area contributed by atoms with Crippen LogP contribution in [0.15, 0.2) is 6.20 Å². The van der Waals surface area contributed by atoms with Crippen molar-refractivity contribution in [1.82, 2.24) is 4.98 Å². The van der Waals surface area contributed by atoms with Gasteiger partial charge in [0.05, 0.1) is 28.3 Å². The van der Waals surface area contributed by atoms with Crippen LogP contribution in [0.5, 0.6) is 0 Å². The van der Waals surface area contributed by atoms with Crippen molar-refractivity contribution in [3.05, 3.63) is 28.0 Å². The Kier molecular flexibility index (Phi) is 4.10. The Morgan fingerprint density at radius 2 is 2.00 bits per heavy atom. The van der Waals surface area contributed by atoms with Crippen molar-refractivity contribution in [3.63, 3.8) is 0 Å². The number of hydrogen-bond donors (Lipinski definition) is 1. The molecule has 0 bridgehead atoms. The van der Waals surface area contributed by atoms with Crippen LogP contribution in [0.3, 0.4) is 0 Å². The summed E-state index contributed by atoms with van der Waals surface area (Å²) in [6.45, 7) is 0. The monoisotopic (exact) mass is 289 g/mol. The molecule has 0 atom stereocenters. The molecule has 9 heteroatoms. The lowest BCUT2D eigenvalue weighted by Crippen LogP contribution is -2.16. The van der Waals surface area contributed by atoms with Gasteiger partial charge in [0, 0.05) is 6.20 Å². The smallest absolute Gasteiger partial charge is 0.419 e. The molecule has 1 heterocycles. The third-order valence-electron chi connectivity index (χ3n) is 1.96. The number of carbonyl (C=O) groups is 1. The van der Waals surface area contributed by atoms with Gasteiger partial charge in [-0.1, -0.05) is 11.6 Å². The topological polar surface area (TPSA) is 50.2 Å². The second-order valence-electron chi connectivity index (χ2n) is 3.22. The lowest BCUT2D eigenvalue weighted by Gasteiger charge is -2.15. The zero-order valence-corrected chi connectivity index (χ0v) is 9.19. The third-order valence-corrected chi connectivity index (χ3v) is 2.37. The van der Waals surface area contributed by atoms with E-state index in [0.29, 0.717) is 6.20 Å². The Morgan fingerprint density at radius 3 is 2.39 bits per heavy atom. The Balaban J connectivity index is 3.47. The van der Waals surface area contributed by atoms with Crippen LogP contribution in [0.4, 0.5) is 22.0 Å². The maximum atomic E-state index is 12.6. The number of carboxylic acids is 1. The number of pyridine rings is 1. The predicted molar refractivity (Wildman–Crippen MR) is 50.5 cm³/mol. The van der Waals surface area contributed by atoms with Crippen LogP contribution in [0, 0.1) is 0 Å². The summed E-state index contributed by atoms with van der Waals surface area (Å²) in [7, 11) is 0. The minimum absolute atomic E-state index is 0.445. The molecule has 0 aliphatic heterocycles. The van der Waals surface area contributed by atoms with E-state index in [9.17, 15) is 26.7 Å². The van der Waals surface area contributed by atoms with Crippen LogP contribution in [-0.2, 0) is 17.4 Å². The number of alkyl halides is 5. The molecule has 0 amide bonds. The summed E-state index contributed by atoms with van der Waals surface area (Å²) >= 11 is 5.24. The predicted octanol–water partition coefficient (Wildman–Crippen LogP) is 3.32. The number of aromatic nitrogens is 1. The van der Waals surface area contributed by atoms with E-state index in [0.717, 1.165) is 0 Å². The van der Waals surface area contributed by atoms with Gasteiger partial charge in [-0.05, 0) is 0 Å². The van der Waals surface area contributed by atoms with E-state index in [1.54, 1.807) is 0 Å². The number of halogens is 6. The van der Waals surface area contributed by atoms with Gasteiger partial charge in [0.25, 0.3) is 6.43 Å². The van der Waals surface area contributed by atoms with E-state index in [1.807, 2.05) is 0 Å². The minimum atomic E-state index is -5.06. The van der Waals surface area contributed by atoms with Crippen molar-refractivity contribution in [2.45, 2.75) is 19.0 Å². The molecular weight excluding hydrogens is 285 g/mol. The zero-order chi connectivity index (χ0) is 14.1. The van der Waals surface area contributed by atoms with Crippen molar-refractivity contribution in [3.8, 4) is 0 Å². The fourth-order valence-corrected chi connectivity index (χ4v) is 1.60. The summed E-state index contributed by atoms with van der Waals surface area (Å²) < 4.78 is 62.7. The highest BCUT2D eigenvalue weighted by Gasteiger charge is 2.39. The normalized spacial score (nSPS) is 11.9. The van der Waals surface area contributed by atoms with Gasteiger partial charge in [0.15, 0.2) is 0 Å². The summed E-state index contributed by atoms with van der Waals surface area (Å²) in [6, 6.07) is 0. The highest BCUT2D eigenvalue weighted by Crippen LogP contribution is 2.40. The van der Waals surface area contributed by atoms with E-state index in [1.165, 1.54) is 0 Å². The van der Waals surface area contributed by atoms with Crippen LogP contribution < -0.4 is 0 Å². The van der Waals surface area contributed by atoms with Gasteiger partial charge in [-0.3, -0.25) is 9.78 Å². The number of aliphatic carboxylic acids is 1. The molecule has 0 fully saturated rings. The van der Waals surface area contributed by atoms with Gasteiger partial charge in [0.2, 0.25) is 0 Å². The lowest BCUT2D eigenvalue weighted by atomic mass is 10.1. The summed E-state index contributed by atoms with van der Waals surface area (Å²) in [5, 5.41) is 7.21. The number of hydrogen-bond acceptors (Lipinski definition) is 2. The summed E-state index contributed by atoms with van der Waals surface area (Å²) in [4.78, 5) is 13.5. The average molecular weight is 290 g/mol.